The van der Waals surface area contributed by atoms with Gasteiger partial charge in [0.1, 0.15) is 0 Å². The van der Waals surface area contributed by atoms with Gasteiger partial charge in [-0.25, -0.2) is 4.79 Å². The average Bonchev–Trinajstić information content (AvgIpc) is 3.09. The van der Waals surface area contributed by atoms with Crippen LogP contribution in [0.4, 0.5) is 0 Å². The average molecular weight is 346 g/mol. The summed E-state index contributed by atoms with van der Waals surface area (Å²) in [6.07, 6.45) is 0. The first-order valence-corrected chi connectivity index (χ1v) is 8.62. The van der Waals surface area contributed by atoms with Gasteiger partial charge in [0.05, 0.1) is 17.7 Å². The van der Waals surface area contributed by atoms with Gasteiger partial charge in [-0.05, 0) is 19.1 Å². The Balaban J connectivity index is 1.76. The molecule has 124 valence electrons. The molecule has 2 fully saturated rings. The van der Waals surface area contributed by atoms with Crippen molar-refractivity contribution in [1.82, 2.24) is 9.80 Å². The first-order chi connectivity index (χ1) is 11.5. The molecule has 3 heterocycles. The van der Waals surface area contributed by atoms with Gasteiger partial charge >= 0.3 is 5.97 Å². The summed E-state index contributed by atoms with van der Waals surface area (Å²) in [6, 6.07) is 5.28. The van der Waals surface area contributed by atoms with Crippen molar-refractivity contribution in [3.63, 3.8) is 0 Å². The van der Waals surface area contributed by atoms with E-state index < -0.39 is 28.7 Å². The molecule has 4 rings (SSSR count). The predicted molar refractivity (Wildman–Crippen MR) is 84.3 cm³/mol. The van der Waals surface area contributed by atoms with Crippen molar-refractivity contribution >= 4 is 35.5 Å². The summed E-state index contributed by atoms with van der Waals surface area (Å²) in [5.41, 5.74) is 0.520. The maximum absolute atomic E-state index is 12.7. The van der Waals surface area contributed by atoms with Crippen LogP contribution in [-0.4, -0.2) is 63.3 Å². The lowest BCUT2D eigenvalue weighted by atomic mass is 9.92. The zero-order valence-corrected chi connectivity index (χ0v) is 13.7. The van der Waals surface area contributed by atoms with Crippen molar-refractivity contribution in [1.29, 1.82) is 0 Å². The number of carbonyl (C=O) groups excluding carboxylic acids is 4. The minimum atomic E-state index is -1.31. The van der Waals surface area contributed by atoms with Gasteiger partial charge in [0.15, 0.2) is 6.04 Å². The smallest absolute Gasteiger partial charge is 0.345 e. The molecule has 3 aliphatic rings. The van der Waals surface area contributed by atoms with E-state index in [-0.39, 0.29) is 23.6 Å². The molecular formula is C16H14N2O5S. The van der Waals surface area contributed by atoms with Crippen LogP contribution < -0.4 is 0 Å². The second kappa shape index (κ2) is 5.07. The number of fused-ring (bicyclic) bond motifs is 2. The number of amides is 3. The molecule has 0 aromatic heterocycles. The molecule has 2 saturated heterocycles. The Hall–Kier alpha value is -2.35. The van der Waals surface area contributed by atoms with Gasteiger partial charge in [-0.15, -0.1) is 11.8 Å². The topological polar surface area (TPSA) is 84.0 Å². The SMILES string of the molecule is CCOC(=O)[C@@]12SCCN1C(=O)[C@@H]2N1C(=O)c2ccccc2C1=O. The molecule has 0 unspecified atom stereocenters. The van der Waals surface area contributed by atoms with Crippen molar-refractivity contribution < 1.29 is 23.9 Å². The second-order valence-corrected chi connectivity index (χ2v) is 7.00. The van der Waals surface area contributed by atoms with E-state index in [1.54, 1.807) is 31.2 Å². The number of carbonyl (C=O) groups is 4. The third kappa shape index (κ3) is 1.64. The summed E-state index contributed by atoms with van der Waals surface area (Å²) < 4.78 is 5.13. The largest absolute Gasteiger partial charge is 0.464 e. The summed E-state index contributed by atoms with van der Waals surface area (Å²) in [5.74, 6) is -1.48. The molecule has 0 saturated carbocycles. The van der Waals surface area contributed by atoms with E-state index in [4.69, 9.17) is 4.74 Å². The van der Waals surface area contributed by atoms with E-state index >= 15 is 0 Å². The van der Waals surface area contributed by atoms with Crippen molar-refractivity contribution in [2.24, 2.45) is 0 Å². The van der Waals surface area contributed by atoms with Crippen LogP contribution >= 0.6 is 11.8 Å². The minimum absolute atomic E-state index is 0.165. The highest BCUT2D eigenvalue weighted by Crippen LogP contribution is 2.51. The Morgan fingerprint density at radius 2 is 1.88 bits per heavy atom. The third-order valence-electron chi connectivity index (χ3n) is 4.56. The Morgan fingerprint density at radius 3 is 2.46 bits per heavy atom. The van der Waals surface area contributed by atoms with Crippen LogP contribution in [0.25, 0.3) is 0 Å². The first kappa shape index (κ1) is 15.2. The molecule has 1 aromatic carbocycles. The molecule has 0 spiro atoms. The maximum Gasteiger partial charge on any atom is 0.345 e. The van der Waals surface area contributed by atoms with E-state index in [1.165, 1.54) is 16.7 Å². The Kier molecular flexibility index (Phi) is 3.21. The van der Waals surface area contributed by atoms with Crippen molar-refractivity contribution in [3.8, 4) is 0 Å². The lowest BCUT2D eigenvalue weighted by Gasteiger charge is -2.52. The standard InChI is InChI=1S/C16H14N2O5S/c1-2-23-15(22)16-11(14(21)17(16)7-8-24-16)18-12(19)9-5-3-4-6-10(9)13(18)20/h3-6,11H,2,7-8H2,1H3/t11-,16+/m0/s1. The number of benzene rings is 1. The highest BCUT2D eigenvalue weighted by Gasteiger charge is 2.73. The number of thioether (sulfide) groups is 1. The summed E-state index contributed by atoms with van der Waals surface area (Å²) in [6.45, 7) is 2.25. The van der Waals surface area contributed by atoms with Crippen LogP contribution in [0.1, 0.15) is 27.6 Å². The van der Waals surface area contributed by atoms with Gasteiger partial charge in [-0.3, -0.25) is 19.3 Å². The fourth-order valence-corrected chi connectivity index (χ4v) is 4.99. The van der Waals surface area contributed by atoms with Gasteiger partial charge in [0.2, 0.25) is 4.87 Å². The summed E-state index contributed by atoms with van der Waals surface area (Å²) in [4.78, 5) is 51.5. The second-order valence-electron chi connectivity index (χ2n) is 5.68. The normalized spacial score (nSPS) is 27.9. The Labute approximate surface area is 141 Å². The number of β-lactam (4-membered cyclic amide) rings is 1. The van der Waals surface area contributed by atoms with Gasteiger partial charge in [-0.1, -0.05) is 12.1 Å². The number of rotatable bonds is 3. The molecule has 7 nitrogen and oxygen atoms in total. The fraction of sp³-hybridized carbons (Fsp3) is 0.375. The van der Waals surface area contributed by atoms with Crippen LogP contribution in [0.2, 0.25) is 0 Å². The van der Waals surface area contributed by atoms with Crippen LogP contribution in [0.3, 0.4) is 0 Å². The number of nitrogens with zero attached hydrogens (tertiary/aromatic N) is 2. The molecule has 3 amide bonds. The molecule has 3 aliphatic heterocycles. The molecule has 8 heteroatoms. The molecule has 0 radical (unpaired) electrons. The number of ether oxygens (including phenoxy) is 1. The van der Waals surface area contributed by atoms with Gasteiger partial charge in [-0.2, -0.15) is 0 Å². The zero-order valence-electron chi connectivity index (χ0n) is 12.9. The van der Waals surface area contributed by atoms with E-state index in [0.29, 0.717) is 12.3 Å². The molecule has 24 heavy (non-hydrogen) atoms. The molecule has 1 aromatic rings. The summed E-state index contributed by atoms with van der Waals surface area (Å²) in [7, 11) is 0. The monoisotopic (exact) mass is 346 g/mol. The van der Waals surface area contributed by atoms with Crippen LogP contribution in [0.5, 0.6) is 0 Å². The first-order valence-electron chi connectivity index (χ1n) is 7.63. The van der Waals surface area contributed by atoms with Crippen molar-refractivity contribution in [3.05, 3.63) is 35.4 Å². The number of hydrogen-bond donors (Lipinski definition) is 0. The van der Waals surface area contributed by atoms with Crippen LogP contribution in [0, 0.1) is 0 Å². The van der Waals surface area contributed by atoms with Crippen molar-refractivity contribution in [2.45, 2.75) is 17.8 Å². The zero-order chi connectivity index (χ0) is 17.1. The van der Waals surface area contributed by atoms with E-state index in [2.05, 4.69) is 0 Å². The molecule has 0 bridgehead atoms. The van der Waals surface area contributed by atoms with Gasteiger partial charge in [0, 0.05) is 12.3 Å². The van der Waals surface area contributed by atoms with E-state index in [1.807, 2.05) is 0 Å². The maximum atomic E-state index is 12.7. The Morgan fingerprint density at radius 1 is 1.25 bits per heavy atom. The number of imide groups is 1. The van der Waals surface area contributed by atoms with Crippen LogP contribution in [0.15, 0.2) is 24.3 Å². The lowest BCUT2D eigenvalue weighted by molar-refractivity contribution is -0.175. The summed E-state index contributed by atoms with van der Waals surface area (Å²) in [5, 5.41) is 0. The van der Waals surface area contributed by atoms with E-state index in [0.717, 1.165) is 4.90 Å². The van der Waals surface area contributed by atoms with Gasteiger partial charge in [0.25, 0.3) is 17.7 Å². The summed E-state index contributed by atoms with van der Waals surface area (Å²) >= 11 is 1.25. The molecule has 0 aliphatic carbocycles. The fourth-order valence-electron chi connectivity index (χ4n) is 3.53. The third-order valence-corrected chi connectivity index (χ3v) is 6.00. The van der Waals surface area contributed by atoms with Crippen LogP contribution in [-0.2, 0) is 14.3 Å². The predicted octanol–water partition coefficient (Wildman–Crippen LogP) is 0.500. The molecule has 0 N–H and O–H groups in total. The number of hydrogen-bond acceptors (Lipinski definition) is 6. The highest BCUT2D eigenvalue weighted by molar-refractivity contribution is 8.01. The Bertz CT molecular complexity index is 759. The lowest BCUT2D eigenvalue weighted by Crippen LogP contribution is -2.79. The highest BCUT2D eigenvalue weighted by atomic mass is 32.2. The minimum Gasteiger partial charge on any atom is -0.464 e. The molecule has 2 atom stereocenters. The molecular weight excluding hydrogens is 332 g/mol. The number of esters is 1. The van der Waals surface area contributed by atoms with Gasteiger partial charge < -0.3 is 9.64 Å². The quantitative estimate of drug-likeness (QED) is 0.450. The van der Waals surface area contributed by atoms with Crippen molar-refractivity contribution in [2.75, 3.05) is 18.9 Å². The van der Waals surface area contributed by atoms with E-state index in [9.17, 15) is 19.2 Å².